The van der Waals surface area contributed by atoms with Crippen LogP contribution in [-0.4, -0.2) is 81.5 Å². The number of amides is 6. The maximum atomic E-state index is 13.6. The maximum Gasteiger partial charge on any atom is 1.00 e. The van der Waals surface area contributed by atoms with Gasteiger partial charge in [-0.15, -0.1) is 0 Å². The van der Waals surface area contributed by atoms with Crippen LogP contribution >= 0.6 is 0 Å². The fraction of sp³-hybridized carbons (Fsp3) is 0. The average Bonchev–Trinajstić information content (AvgIpc) is 3.25. The van der Waals surface area contributed by atoms with Crippen LogP contribution in [0.2, 0.25) is 0 Å². The Kier molecular flexibility index (Phi) is 23.7. The molecular formula is C41H28N6Na4O17S4. The molecule has 72 heavy (non-hydrogen) atoms. The van der Waals surface area contributed by atoms with E-state index in [9.17, 15) is 75.9 Å². The molecule has 0 aliphatic heterocycles. The first-order valence-corrected chi connectivity index (χ1v) is 24.2. The molecule has 0 heterocycles. The van der Waals surface area contributed by atoms with Crippen molar-refractivity contribution in [1.29, 1.82) is 0 Å². The van der Waals surface area contributed by atoms with E-state index in [-0.39, 0.29) is 175 Å². The summed E-state index contributed by atoms with van der Waals surface area (Å²) in [6, 6.07) is 21.9. The predicted molar refractivity (Wildman–Crippen MR) is 235 cm³/mol. The molecule has 0 aromatic heterocycles. The molecule has 0 bridgehead atoms. The summed E-state index contributed by atoms with van der Waals surface area (Å²) in [7, 11) is -19.8. The van der Waals surface area contributed by atoms with Crippen molar-refractivity contribution in [3.05, 3.63) is 156 Å². The summed E-state index contributed by atoms with van der Waals surface area (Å²) in [5, 5.41) is 14.1. The average molecular weight is 1100 g/mol. The van der Waals surface area contributed by atoms with Gasteiger partial charge in [-0.1, -0.05) is 24.3 Å². The van der Waals surface area contributed by atoms with Gasteiger partial charge in [-0.25, -0.2) is 38.5 Å². The Morgan fingerprint density at radius 3 is 0.694 bits per heavy atom. The molecule has 0 radical (unpaired) electrons. The molecule has 0 saturated carbocycles. The molecule has 6 aromatic carbocycles. The first-order valence-electron chi connectivity index (χ1n) is 18.6. The van der Waals surface area contributed by atoms with E-state index in [4.69, 9.17) is 0 Å². The summed E-state index contributed by atoms with van der Waals surface area (Å²) in [6.07, 6.45) is 0. The zero-order valence-electron chi connectivity index (χ0n) is 37.8. The molecule has 31 heteroatoms. The van der Waals surface area contributed by atoms with Crippen LogP contribution in [0, 0.1) is 0 Å². The molecule has 0 fully saturated rings. The molecule has 0 aliphatic rings. The van der Waals surface area contributed by atoms with Gasteiger partial charge in [-0.05, 0) is 109 Å². The van der Waals surface area contributed by atoms with E-state index in [1.807, 2.05) is 0 Å². The molecule has 6 aromatic rings. The van der Waals surface area contributed by atoms with Gasteiger partial charge in [0.1, 0.15) is 40.5 Å². The molecule has 0 aliphatic carbocycles. The largest absolute Gasteiger partial charge is 1.00 e. The molecule has 23 nitrogen and oxygen atoms in total. The summed E-state index contributed by atoms with van der Waals surface area (Å²) < 4.78 is 139. The van der Waals surface area contributed by atoms with E-state index in [0.29, 0.717) is 0 Å². The fourth-order valence-electron chi connectivity index (χ4n) is 5.95. The number of nitrogens with one attached hydrogen (secondary N) is 6. The second kappa shape index (κ2) is 26.5. The third-order valence-corrected chi connectivity index (χ3v) is 12.3. The van der Waals surface area contributed by atoms with Crippen molar-refractivity contribution in [1.82, 2.24) is 0 Å². The van der Waals surface area contributed by atoms with Gasteiger partial charge in [-0.2, -0.15) is 0 Å². The first kappa shape index (κ1) is 64.2. The van der Waals surface area contributed by atoms with E-state index in [1.165, 1.54) is 24.3 Å². The Morgan fingerprint density at radius 1 is 0.292 bits per heavy atom. The summed E-state index contributed by atoms with van der Waals surface area (Å²) >= 11 is 0. The molecular weight excluding hydrogens is 1070 g/mol. The van der Waals surface area contributed by atoms with Gasteiger partial charge in [0, 0.05) is 56.4 Å². The van der Waals surface area contributed by atoms with Gasteiger partial charge < -0.3 is 50.1 Å². The van der Waals surface area contributed by atoms with E-state index in [1.54, 1.807) is 0 Å². The van der Waals surface area contributed by atoms with Crippen LogP contribution in [0.5, 0.6) is 0 Å². The third-order valence-electron chi connectivity index (χ3n) is 8.95. The van der Waals surface area contributed by atoms with Crippen LogP contribution < -0.4 is 150 Å². The van der Waals surface area contributed by atoms with Crippen LogP contribution in [0.25, 0.3) is 0 Å². The molecule has 6 rings (SSSR count). The number of hydrogen-bond donors (Lipinski definition) is 6. The van der Waals surface area contributed by atoms with Gasteiger partial charge in [0.2, 0.25) is 0 Å². The quantitative estimate of drug-likeness (QED) is 0.0436. The van der Waals surface area contributed by atoms with Crippen molar-refractivity contribution >= 4 is 104 Å². The smallest absolute Gasteiger partial charge is 0.744 e. The summed E-state index contributed by atoms with van der Waals surface area (Å²) in [5.74, 6) is -4.08. The molecule has 0 saturated heterocycles. The van der Waals surface area contributed by atoms with E-state index >= 15 is 0 Å². The number of rotatable bonds is 14. The molecule has 0 unspecified atom stereocenters. The van der Waals surface area contributed by atoms with Crippen molar-refractivity contribution in [3.8, 4) is 0 Å². The number of hydrogen-bond acceptors (Lipinski definition) is 17. The van der Waals surface area contributed by atoms with Crippen molar-refractivity contribution in [3.63, 3.8) is 0 Å². The van der Waals surface area contributed by atoms with Crippen LogP contribution in [-0.2, 0) is 40.5 Å². The second-order valence-corrected chi connectivity index (χ2v) is 19.4. The Labute approximate surface area is 499 Å². The maximum absolute atomic E-state index is 13.6. The van der Waals surface area contributed by atoms with Crippen LogP contribution in [0.4, 0.5) is 38.9 Å². The van der Waals surface area contributed by atoms with Crippen molar-refractivity contribution in [2.75, 3.05) is 31.9 Å². The summed E-state index contributed by atoms with van der Waals surface area (Å²) in [4.78, 5) is 65.0. The third kappa shape index (κ3) is 18.2. The van der Waals surface area contributed by atoms with E-state index in [0.717, 1.165) is 109 Å². The Balaban J connectivity index is 0.00000444. The second-order valence-electron chi connectivity index (χ2n) is 13.9. The minimum absolute atomic E-state index is 0. The van der Waals surface area contributed by atoms with Crippen molar-refractivity contribution in [2.45, 2.75) is 19.6 Å². The minimum atomic E-state index is -4.96. The van der Waals surface area contributed by atoms with Crippen molar-refractivity contribution in [2.24, 2.45) is 0 Å². The molecule has 0 spiro atoms. The van der Waals surface area contributed by atoms with Crippen LogP contribution in [0.3, 0.4) is 0 Å². The number of urea groups is 1. The normalized spacial score (nSPS) is 11.1. The van der Waals surface area contributed by atoms with Gasteiger partial charge in [-0.3, -0.25) is 19.2 Å². The Hall–Kier alpha value is -3.89. The number of benzene rings is 6. The van der Waals surface area contributed by atoms with Gasteiger partial charge in [0.05, 0.1) is 19.6 Å². The summed E-state index contributed by atoms with van der Waals surface area (Å²) in [5.41, 5.74) is -2.84. The first-order chi connectivity index (χ1) is 31.7. The van der Waals surface area contributed by atoms with E-state index < -0.39 is 89.7 Å². The number of anilines is 6. The standard InChI is InChI=1S/C41H32N6O17S4.4Na/c48-37(42-27-5-1-9-33(19-27)65(53,54)55)23-13-24(38(49)43-28-6-2-10-34(20-28)66(56,57)58)16-31(15-23)46-41(52)47-32-17-25(39(50)44-29-7-3-11-35(21-29)67(59,60)61)14-26(18-32)40(51)45-30-8-4-12-36(22-30)68(62,63)64;;;;/h1-22H,(H,42,48)(H,43,49)(H,44,50)(H,45,51)(H2,46,47,52)(H,53,54,55)(H,56,57,58)(H,59,60,61)(H,62,63,64);;;;/q;4*+1/p-4. The topological polar surface area (TPSA) is 386 Å². The SMILES string of the molecule is O=C(Nc1cc(C(=O)Nc2cccc(S(=O)(=O)[O-])c2)cc(C(=O)Nc2cccc(S(=O)(=O)[O-])c2)c1)Nc1cc(C(=O)Nc2cccc(S(=O)(=O)[O-])c2)cc(C(=O)Nc2cccc(S(=O)(=O)[O-])c2)c1.[Na+].[Na+].[Na+].[Na+]. The summed E-state index contributed by atoms with van der Waals surface area (Å²) in [6.45, 7) is 0. The zero-order chi connectivity index (χ0) is 49.8. The fourth-order valence-corrected chi connectivity index (χ4v) is 8.01. The minimum Gasteiger partial charge on any atom is -0.744 e. The number of carbonyl (C=O) groups excluding carboxylic acids is 5. The molecule has 6 amide bonds. The van der Waals surface area contributed by atoms with Gasteiger partial charge >= 0.3 is 124 Å². The van der Waals surface area contributed by atoms with Gasteiger partial charge in [0.25, 0.3) is 23.6 Å². The molecule has 352 valence electrons. The predicted octanol–water partition coefficient (Wildman–Crippen LogP) is -8.03. The zero-order valence-corrected chi connectivity index (χ0v) is 49.0. The van der Waals surface area contributed by atoms with E-state index in [2.05, 4.69) is 31.9 Å². The Morgan fingerprint density at radius 2 is 0.500 bits per heavy atom. The van der Waals surface area contributed by atoms with Crippen LogP contribution in [0.1, 0.15) is 41.4 Å². The monoisotopic (exact) mass is 1100 g/mol. The van der Waals surface area contributed by atoms with Crippen LogP contribution in [0.15, 0.2) is 153 Å². The van der Waals surface area contributed by atoms with Crippen molar-refractivity contribution < 1.29 is 194 Å². The van der Waals surface area contributed by atoms with Gasteiger partial charge in [0.15, 0.2) is 0 Å². The molecule has 0 atom stereocenters. The Bertz CT molecular complexity index is 3110. The number of carbonyl (C=O) groups is 5. The molecule has 6 N–H and O–H groups in total.